The maximum atomic E-state index is 12.3. The number of rotatable bonds is 6. The van der Waals surface area contributed by atoms with Gasteiger partial charge in [-0.3, -0.25) is 9.59 Å². The van der Waals surface area contributed by atoms with Crippen LogP contribution in [0.4, 0.5) is 5.69 Å². The zero-order valence-corrected chi connectivity index (χ0v) is 16.5. The minimum absolute atomic E-state index is 0.221. The van der Waals surface area contributed by atoms with Gasteiger partial charge >= 0.3 is 5.97 Å². The summed E-state index contributed by atoms with van der Waals surface area (Å²) in [6.07, 6.45) is 3.15. The Morgan fingerprint density at radius 1 is 0.931 bits per heavy atom. The van der Waals surface area contributed by atoms with Gasteiger partial charge in [0.15, 0.2) is 12.4 Å². The lowest BCUT2D eigenvalue weighted by Crippen LogP contribution is -2.14. The fourth-order valence-electron chi connectivity index (χ4n) is 3.25. The average molecular weight is 405 g/mol. The van der Waals surface area contributed by atoms with E-state index in [0.29, 0.717) is 21.7 Å². The molecule has 3 aromatic rings. The van der Waals surface area contributed by atoms with Crippen LogP contribution in [-0.2, 0) is 17.6 Å². The number of hydrogen-bond acceptors (Lipinski definition) is 5. The monoisotopic (exact) mass is 405 g/mol. The first-order chi connectivity index (χ1) is 14.1. The molecule has 0 aliphatic heterocycles. The number of anilines is 1. The highest BCUT2D eigenvalue weighted by Gasteiger charge is 2.20. The van der Waals surface area contributed by atoms with Crippen LogP contribution in [0.15, 0.2) is 60.7 Å². The van der Waals surface area contributed by atoms with Crippen LogP contribution in [0.2, 0.25) is 0 Å². The molecule has 1 aromatic heterocycles. The molecule has 0 radical (unpaired) electrons. The van der Waals surface area contributed by atoms with Crippen molar-refractivity contribution in [1.29, 1.82) is 0 Å². The van der Waals surface area contributed by atoms with Crippen molar-refractivity contribution in [2.24, 2.45) is 0 Å². The number of esters is 1. The van der Waals surface area contributed by atoms with E-state index >= 15 is 0 Å². The Morgan fingerprint density at radius 2 is 1.69 bits per heavy atom. The number of benzene rings is 2. The van der Waals surface area contributed by atoms with Gasteiger partial charge in [0.25, 0.3) is 5.91 Å². The molecule has 0 unspecified atom stereocenters. The minimum Gasteiger partial charge on any atom is -0.453 e. The van der Waals surface area contributed by atoms with Crippen molar-refractivity contribution >= 4 is 34.7 Å². The number of amides is 1. The lowest BCUT2D eigenvalue weighted by molar-refractivity contribution is 0.0479. The highest BCUT2D eigenvalue weighted by atomic mass is 32.1. The Morgan fingerprint density at radius 3 is 2.41 bits per heavy atom. The number of carbonyl (C=O) groups is 3. The molecule has 1 amide bonds. The van der Waals surface area contributed by atoms with Crippen LogP contribution in [0.1, 0.15) is 47.2 Å². The Hall–Kier alpha value is -3.25. The average Bonchev–Trinajstić information content (AvgIpc) is 3.35. The second kappa shape index (κ2) is 8.41. The Labute approximate surface area is 172 Å². The molecule has 1 aliphatic carbocycles. The number of aryl methyl sites for hydroxylation is 2. The molecule has 1 N–H and O–H groups in total. The van der Waals surface area contributed by atoms with Crippen molar-refractivity contribution in [2.45, 2.75) is 19.3 Å². The van der Waals surface area contributed by atoms with Gasteiger partial charge in [-0.1, -0.05) is 18.2 Å². The van der Waals surface area contributed by atoms with E-state index in [2.05, 4.69) is 5.32 Å². The SMILES string of the molecule is O=C(COC(=O)c1cc2c(s1)CCC2)c1ccc(NC(=O)c2ccccc2)cc1. The second-order valence-electron chi connectivity index (χ2n) is 6.81. The smallest absolute Gasteiger partial charge is 0.348 e. The molecule has 0 bridgehead atoms. The number of nitrogens with one attached hydrogen (secondary N) is 1. The summed E-state index contributed by atoms with van der Waals surface area (Å²) in [6.45, 7) is -0.308. The summed E-state index contributed by atoms with van der Waals surface area (Å²) in [7, 11) is 0. The van der Waals surface area contributed by atoms with E-state index in [0.717, 1.165) is 19.3 Å². The van der Waals surface area contributed by atoms with Crippen LogP contribution in [0.5, 0.6) is 0 Å². The lowest BCUT2D eigenvalue weighted by atomic mass is 10.1. The van der Waals surface area contributed by atoms with E-state index in [9.17, 15) is 14.4 Å². The summed E-state index contributed by atoms with van der Waals surface area (Å²) in [5, 5.41) is 2.78. The van der Waals surface area contributed by atoms with Gasteiger partial charge in [0, 0.05) is 21.7 Å². The number of hydrogen-bond donors (Lipinski definition) is 1. The van der Waals surface area contributed by atoms with Crippen LogP contribution < -0.4 is 5.32 Å². The molecule has 1 heterocycles. The van der Waals surface area contributed by atoms with Crippen molar-refractivity contribution in [2.75, 3.05) is 11.9 Å². The largest absolute Gasteiger partial charge is 0.453 e. The number of ether oxygens (including phenoxy) is 1. The number of ketones is 1. The molecule has 4 rings (SSSR count). The molecule has 0 atom stereocenters. The molecule has 6 heteroatoms. The first kappa shape index (κ1) is 19.1. The number of fused-ring (bicyclic) bond motifs is 1. The number of Topliss-reactive ketones (excluding diaryl/α,β-unsaturated/α-hetero) is 1. The van der Waals surface area contributed by atoms with Gasteiger partial charge in [0.2, 0.25) is 0 Å². The molecule has 1 aliphatic rings. The van der Waals surface area contributed by atoms with Crippen LogP contribution in [0.25, 0.3) is 0 Å². The third kappa shape index (κ3) is 4.43. The summed E-state index contributed by atoms with van der Waals surface area (Å²) in [4.78, 5) is 38.5. The van der Waals surface area contributed by atoms with Crippen molar-refractivity contribution in [1.82, 2.24) is 0 Å². The minimum atomic E-state index is -0.454. The topological polar surface area (TPSA) is 72.5 Å². The van der Waals surface area contributed by atoms with Gasteiger partial charge < -0.3 is 10.1 Å². The second-order valence-corrected chi connectivity index (χ2v) is 7.95. The lowest BCUT2D eigenvalue weighted by Gasteiger charge is -2.07. The van der Waals surface area contributed by atoms with Crippen LogP contribution in [0.3, 0.4) is 0 Å². The van der Waals surface area contributed by atoms with Crippen molar-refractivity contribution in [3.05, 3.63) is 87.1 Å². The zero-order chi connectivity index (χ0) is 20.2. The van der Waals surface area contributed by atoms with E-state index in [4.69, 9.17) is 4.74 Å². The normalized spacial score (nSPS) is 12.3. The molecular formula is C23H19NO4S. The van der Waals surface area contributed by atoms with Gasteiger partial charge in [0.05, 0.1) is 0 Å². The van der Waals surface area contributed by atoms with E-state index in [-0.39, 0.29) is 18.3 Å². The van der Waals surface area contributed by atoms with Crippen LogP contribution in [0, 0.1) is 0 Å². The third-order valence-corrected chi connectivity index (χ3v) is 6.00. The predicted molar refractivity (Wildman–Crippen MR) is 112 cm³/mol. The van der Waals surface area contributed by atoms with Crippen molar-refractivity contribution in [3.8, 4) is 0 Å². The fraction of sp³-hybridized carbons (Fsp3) is 0.174. The molecule has 146 valence electrons. The van der Waals surface area contributed by atoms with Crippen LogP contribution in [-0.4, -0.2) is 24.3 Å². The zero-order valence-electron chi connectivity index (χ0n) is 15.6. The molecule has 0 saturated carbocycles. The standard InChI is InChI=1S/C23H19NO4S/c25-19(14-28-23(27)21-13-17-7-4-8-20(17)29-21)15-9-11-18(12-10-15)24-22(26)16-5-2-1-3-6-16/h1-3,5-6,9-13H,4,7-8,14H2,(H,24,26). The maximum Gasteiger partial charge on any atom is 0.348 e. The summed E-state index contributed by atoms with van der Waals surface area (Å²) in [5.74, 6) is -0.964. The number of thiophene rings is 1. The summed E-state index contributed by atoms with van der Waals surface area (Å²) in [5.41, 5.74) is 2.78. The van der Waals surface area contributed by atoms with Gasteiger partial charge in [-0.15, -0.1) is 11.3 Å². The summed E-state index contributed by atoms with van der Waals surface area (Å²) < 4.78 is 5.19. The Balaban J connectivity index is 1.32. The molecule has 0 fully saturated rings. The molecule has 29 heavy (non-hydrogen) atoms. The maximum absolute atomic E-state index is 12.3. The first-order valence-corrected chi connectivity index (χ1v) is 10.2. The van der Waals surface area contributed by atoms with Crippen molar-refractivity contribution < 1.29 is 19.1 Å². The summed E-state index contributed by atoms with van der Waals surface area (Å²) >= 11 is 1.46. The van der Waals surface area contributed by atoms with Crippen molar-refractivity contribution in [3.63, 3.8) is 0 Å². The summed E-state index contributed by atoms with van der Waals surface area (Å²) in [6, 6.07) is 17.3. The van der Waals surface area contributed by atoms with Gasteiger partial charge in [0.1, 0.15) is 4.88 Å². The van der Waals surface area contributed by atoms with E-state index in [1.165, 1.54) is 21.8 Å². The van der Waals surface area contributed by atoms with Gasteiger partial charge in [-0.25, -0.2) is 4.79 Å². The Bertz CT molecular complexity index is 1030. The number of carbonyl (C=O) groups excluding carboxylic acids is 3. The van der Waals surface area contributed by atoms with E-state index in [1.54, 1.807) is 48.5 Å². The van der Waals surface area contributed by atoms with Gasteiger partial charge in [-0.05, 0) is 67.3 Å². The molecular weight excluding hydrogens is 386 g/mol. The molecule has 5 nitrogen and oxygen atoms in total. The fourth-order valence-corrected chi connectivity index (χ4v) is 4.39. The molecule has 0 spiro atoms. The third-order valence-electron chi connectivity index (χ3n) is 4.78. The highest BCUT2D eigenvalue weighted by molar-refractivity contribution is 7.14. The highest BCUT2D eigenvalue weighted by Crippen LogP contribution is 2.30. The molecule has 2 aromatic carbocycles. The predicted octanol–water partition coefficient (Wildman–Crippen LogP) is 4.53. The first-order valence-electron chi connectivity index (χ1n) is 9.38. The quantitative estimate of drug-likeness (QED) is 0.483. The van der Waals surface area contributed by atoms with E-state index < -0.39 is 5.97 Å². The van der Waals surface area contributed by atoms with Gasteiger partial charge in [-0.2, -0.15) is 0 Å². The Kier molecular flexibility index (Phi) is 5.53. The van der Waals surface area contributed by atoms with E-state index in [1.807, 2.05) is 12.1 Å². The molecule has 0 saturated heterocycles. The van der Waals surface area contributed by atoms with Crippen LogP contribution >= 0.6 is 11.3 Å².